The van der Waals surface area contributed by atoms with E-state index in [-0.39, 0.29) is 12.3 Å². The molecule has 14 heavy (non-hydrogen) atoms. The van der Waals surface area contributed by atoms with Crippen molar-refractivity contribution in [2.24, 2.45) is 0 Å². The standard InChI is InChI=1S/C8H15NO5/c1-2-4-13-5-3-7(10)9-14-6-8(11)12/h2-6H2,1H3,(H,9,10)(H,11,12). The Balaban J connectivity index is 3.24. The summed E-state index contributed by atoms with van der Waals surface area (Å²) in [5, 5.41) is 8.17. The minimum atomic E-state index is -1.13. The van der Waals surface area contributed by atoms with E-state index in [0.29, 0.717) is 13.2 Å². The second kappa shape index (κ2) is 8.46. The van der Waals surface area contributed by atoms with Crippen LogP contribution < -0.4 is 5.48 Å². The SMILES string of the molecule is CCCOCCC(=O)NOCC(=O)O. The van der Waals surface area contributed by atoms with Gasteiger partial charge in [0, 0.05) is 6.61 Å². The molecule has 82 valence electrons. The van der Waals surface area contributed by atoms with Gasteiger partial charge in [-0.1, -0.05) is 6.92 Å². The van der Waals surface area contributed by atoms with Crippen molar-refractivity contribution in [3.05, 3.63) is 0 Å². The first-order valence-corrected chi connectivity index (χ1v) is 4.37. The quantitative estimate of drug-likeness (QED) is 0.428. The maximum atomic E-state index is 10.9. The van der Waals surface area contributed by atoms with Gasteiger partial charge in [0.2, 0.25) is 5.91 Å². The molecule has 0 aliphatic heterocycles. The molecule has 0 heterocycles. The zero-order valence-corrected chi connectivity index (χ0v) is 8.12. The first-order valence-electron chi connectivity index (χ1n) is 4.37. The second-order valence-corrected chi connectivity index (χ2v) is 2.57. The summed E-state index contributed by atoms with van der Waals surface area (Å²) in [4.78, 5) is 25.2. The number of rotatable bonds is 8. The van der Waals surface area contributed by atoms with Crippen LogP contribution in [0.1, 0.15) is 19.8 Å². The van der Waals surface area contributed by atoms with Gasteiger partial charge in [0.15, 0.2) is 6.61 Å². The smallest absolute Gasteiger partial charge is 0.332 e. The average molecular weight is 205 g/mol. The van der Waals surface area contributed by atoms with Crippen LogP contribution in [0.15, 0.2) is 0 Å². The fraction of sp³-hybridized carbons (Fsp3) is 0.750. The molecule has 0 radical (unpaired) electrons. The number of hydrogen-bond donors (Lipinski definition) is 2. The van der Waals surface area contributed by atoms with E-state index in [4.69, 9.17) is 9.84 Å². The highest BCUT2D eigenvalue weighted by molar-refractivity contribution is 5.75. The predicted octanol–water partition coefficient (Wildman–Crippen LogP) is -0.0645. The summed E-state index contributed by atoms with van der Waals surface area (Å²) in [7, 11) is 0. The summed E-state index contributed by atoms with van der Waals surface area (Å²) in [5.41, 5.74) is 1.99. The number of hydrogen-bond acceptors (Lipinski definition) is 4. The highest BCUT2D eigenvalue weighted by Crippen LogP contribution is 1.85. The van der Waals surface area contributed by atoms with E-state index >= 15 is 0 Å². The topological polar surface area (TPSA) is 84.9 Å². The van der Waals surface area contributed by atoms with Crippen molar-refractivity contribution >= 4 is 11.9 Å². The molecular formula is C8H15NO5. The molecule has 0 saturated heterocycles. The Morgan fingerprint density at radius 2 is 2.07 bits per heavy atom. The molecule has 6 nitrogen and oxygen atoms in total. The molecule has 0 spiro atoms. The van der Waals surface area contributed by atoms with Gasteiger partial charge in [-0.15, -0.1) is 0 Å². The number of nitrogens with one attached hydrogen (secondary N) is 1. The number of carbonyl (C=O) groups excluding carboxylic acids is 1. The molecule has 0 unspecified atom stereocenters. The Morgan fingerprint density at radius 1 is 1.36 bits per heavy atom. The van der Waals surface area contributed by atoms with E-state index in [0.717, 1.165) is 6.42 Å². The van der Waals surface area contributed by atoms with Gasteiger partial charge in [0.05, 0.1) is 13.0 Å². The maximum Gasteiger partial charge on any atom is 0.332 e. The molecule has 0 aliphatic rings. The molecule has 0 aromatic carbocycles. The highest BCUT2D eigenvalue weighted by Gasteiger charge is 2.02. The molecule has 0 saturated carbocycles. The zero-order valence-electron chi connectivity index (χ0n) is 8.12. The van der Waals surface area contributed by atoms with Crippen LogP contribution in [-0.2, 0) is 19.2 Å². The lowest BCUT2D eigenvalue weighted by atomic mass is 10.4. The van der Waals surface area contributed by atoms with Crippen molar-refractivity contribution in [1.29, 1.82) is 0 Å². The number of aliphatic carboxylic acids is 1. The molecule has 0 rings (SSSR count). The Labute approximate surface area is 82.1 Å². The third-order valence-corrected chi connectivity index (χ3v) is 1.20. The first-order chi connectivity index (χ1) is 6.66. The molecule has 2 N–H and O–H groups in total. The third kappa shape index (κ3) is 8.95. The minimum absolute atomic E-state index is 0.166. The first kappa shape index (κ1) is 12.9. The van der Waals surface area contributed by atoms with Crippen LogP contribution >= 0.6 is 0 Å². The lowest BCUT2D eigenvalue weighted by Crippen LogP contribution is -2.27. The lowest BCUT2D eigenvalue weighted by molar-refractivity contribution is -0.149. The summed E-state index contributed by atoms with van der Waals surface area (Å²) in [6.45, 7) is 2.36. The second-order valence-electron chi connectivity index (χ2n) is 2.57. The van der Waals surface area contributed by atoms with Crippen LogP contribution in [0.4, 0.5) is 0 Å². The van der Waals surface area contributed by atoms with Crippen molar-refractivity contribution in [1.82, 2.24) is 5.48 Å². The number of carboxylic acid groups (broad SMARTS) is 1. The lowest BCUT2D eigenvalue weighted by Gasteiger charge is -2.03. The molecule has 6 heteroatoms. The molecule has 1 amide bonds. The third-order valence-electron chi connectivity index (χ3n) is 1.20. The van der Waals surface area contributed by atoms with E-state index in [1.165, 1.54) is 0 Å². The summed E-state index contributed by atoms with van der Waals surface area (Å²) >= 11 is 0. The van der Waals surface area contributed by atoms with E-state index in [2.05, 4.69) is 4.84 Å². The summed E-state index contributed by atoms with van der Waals surface area (Å²) in [6, 6.07) is 0. The predicted molar refractivity (Wildman–Crippen MR) is 47.5 cm³/mol. The molecule has 0 atom stereocenters. The van der Waals surface area contributed by atoms with Crippen LogP contribution in [0.2, 0.25) is 0 Å². The van der Waals surface area contributed by atoms with Gasteiger partial charge in [-0.25, -0.2) is 10.3 Å². The van der Waals surface area contributed by atoms with Crippen LogP contribution in [-0.4, -0.2) is 36.8 Å². The van der Waals surface area contributed by atoms with Crippen molar-refractivity contribution in [3.8, 4) is 0 Å². The number of carbonyl (C=O) groups is 2. The van der Waals surface area contributed by atoms with Crippen LogP contribution in [0, 0.1) is 0 Å². The fourth-order valence-corrected chi connectivity index (χ4v) is 0.641. The van der Waals surface area contributed by atoms with E-state index in [1.54, 1.807) is 0 Å². The van der Waals surface area contributed by atoms with Gasteiger partial charge < -0.3 is 9.84 Å². The summed E-state index contributed by atoms with van der Waals surface area (Å²) < 4.78 is 5.05. The van der Waals surface area contributed by atoms with Crippen LogP contribution in [0.3, 0.4) is 0 Å². The fourth-order valence-electron chi connectivity index (χ4n) is 0.641. The van der Waals surface area contributed by atoms with E-state index in [9.17, 15) is 9.59 Å². The number of carboxylic acids is 1. The van der Waals surface area contributed by atoms with Crippen molar-refractivity contribution < 1.29 is 24.3 Å². The molecule has 0 bridgehead atoms. The normalized spacial score (nSPS) is 9.79. The number of ether oxygens (including phenoxy) is 1. The molecule has 0 fully saturated rings. The Kier molecular flexibility index (Phi) is 7.77. The van der Waals surface area contributed by atoms with Gasteiger partial charge in [-0.05, 0) is 6.42 Å². The van der Waals surface area contributed by atoms with Gasteiger partial charge in [0.1, 0.15) is 0 Å². The van der Waals surface area contributed by atoms with Crippen molar-refractivity contribution in [2.45, 2.75) is 19.8 Å². The number of hydroxylamine groups is 1. The molecule has 0 aliphatic carbocycles. The number of amides is 1. The van der Waals surface area contributed by atoms with Crippen molar-refractivity contribution in [2.75, 3.05) is 19.8 Å². The maximum absolute atomic E-state index is 10.9. The molecule has 0 aromatic rings. The van der Waals surface area contributed by atoms with Crippen LogP contribution in [0.25, 0.3) is 0 Å². The average Bonchev–Trinajstić information content (AvgIpc) is 2.12. The zero-order chi connectivity index (χ0) is 10.8. The Morgan fingerprint density at radius 3 is 2.64 bits per heavy atom. The van der Waals surface area contributed by atoms with E-state index < -0.39 is 12.6 Å². The Hall–Kier alpha value is -1.14. The van der Waals surface area contributed by atoms with Crippen LogP contribution in [0.5, 0.6) is 0 Å². The molecule has 0 aromatic heterocycles. The summed E-state index contributed by atoms with van der Waals surface area (Å²) in [5.74, 6) is -1.52. The van der Waals surface area contributed by atoms with E-state index in [1.807, 2.05) is 12.4 Å². The van der Waals surface area contributed by atoms with Gasteiger partial charge in [0.25, 0.3) is 0 Å². The van der Waals surface area contributed by atoms with Crippen molar-refractivity contribution in [3.63, 3.8) is 0 Å². The Bertz CT molecular complexity index is 183. The summed E-state index contributed by atoms with van der Waals surface area (Å²) in [6.07, 6.45) is 1.07. The minimum Gasteiger partial charge on any atom is -0.479 e. The van der Waals surface area contributed by atoms with Gasteiger partial charge >= 0.3 is 5.97 Å². The largest absolute Gasteiger partial charge is 0.479 e. The highest BCUT2D eigenvalue weighted by atomic mass is 16.7. The van der Waals surface area contributed by atoms with Gasteiger partial charge in [-0.2, -0.15) is 0 Å². The molecular weight excluding hydrogens is 190 g/mol. The monoisotopic (exact) mass is 205 g/mol. The van der Waals surface area contributed by atoms with Gasteiger partial charge in [-0.3, -0.25) is 9.63 Å².